The number of nitrogens with two attached hydrogens (primary N) is 1. The summed E-state index contributed by atoms with van der Waals surface area (Å²) in [6, 6.07) is 0. The highest BCUT2D eigenvalue weighted by Crippen LogP contribution is 2.09. The summed E-state index contributed by atoms with van der Waals surface area (Å²) in [6.45, 7) is 8.65. The van der Waals surface area contributed by atoms with Crippen LogP contribution in [-0.4, -0.2) is 18.2 Å². The van der Waals surface area contributed by atoms with E-state index in [1.54, 1.807) is 0 Å². The van der Waals surface area contributed by atoms with Crippen molar-refractivity contribution < 1.29 is 4.74 Å². The van der Waals surface area contributed by atoms with Gasteiger partial charge in [-0.25, -0.2) is 0 Å². The third kappa shape index (κ3) is 5.80. The molecule has 0 saturated heterocycles. The predicted octanol–water partition coefficient (Wildman–Crippen LogP) is 1.15. The molecule has 0 heterocycles. The van der Waals surface area contributed by atoms with Crippen LogP contribution in [0.3, 0.4) is 0 Å². The van der Waals surface area contributed by atoms with Crippen LogP contribution in [0, 0.1) is 0 Å². The lowest BCUT2D eigenvalue weighted by molar-refractivity contribution is -0.0466. The first kappa shape index (κ1) is 8.92. The average molecular weight is 131 g/mol. The van der Waals surface area contributed by atoms with E-state index < -0.39 is 0 Å². The molecule has 0 aliphatic carbocycles. The molecule has 0 spiro atoms. The molecule has 0 saturated carbocycles. The lowest BCUT2D eigenvalue weighted by atomic mass is 10.2. The summed E-state index contributed by atoms with van der Waals surface area (Å²) in [6.07, 6.45) is 0.171. The minimum absolute atomic E-state index is 0.0568. The molecule has 2 heteroatoms. The fraction of sp³-hybridized carbons (Fsp3) is 1.00. The normalized spacial score (nSPS) is 15.7. The van der Waals surface area contributed by atoms with Crippen LogP contribution in [0.2, 0.25) is 0 Å². The van der Waals surface area contributed by atoms with Gasteiger partial charge in [0.1, 0.15) is 0 Å². The molecule has 56 valence electrons. The lowest BCUT2D eigenvalue weighted by Crippen LogP contribution is -2.30. The van der Waals surface area contributed by atoms with Crippen LogP contribution in [0.4, 0.5) is 0 Å². The van der Waals surface area contributed by atoms with Crippen LogP contribution in [0.25, 0.3) is 0 Å². The molecular weight excluding hydrogens is 114 g/mol. The fourth-order valence-electron chi connectivity index (χ4n) is 0.652. The Morgan fingerprint density at radius 3 is 2.00 bits per heavy atom. The largest absolute Gasteiger partial charge is 0.372 e. The SMILES string of the molecule is C[C@H](CN)OC(C)(C)C. The zero-order valence-corrected chi connectivity index (χ0v) is 6.77. The first-order valence-corrected chi connectivity index (χ1v) is 3.33. The summed E-state index contributed by atoms with van der Waals surface area (Å²) < 4.78 is 5.46. The van der Waals surface area contributed by atoms with Crippen molar-refractivity contribution in [3.8, 4) is 0 Å². The van der Waals surface area contributed by atoms with E-state index in [9.17, 15) is 0 Å². The highest BCUT2D eigenvalue weighted by atomic mass is 16.5. The number of hydrogen-bond acceptors (Lipinski definition) is 2. The first-order chi connectivity index (χ1) is 3.95. The van der Waals surface area contributed by atoms with Gasteiger partial charge in [0.15, 0.2) is 0 Å². The van der Waals surface area contributed by atoms with Gasteiger partial charge in [-0.05, 0) is 27.7 Å². The minimum Gasteiger partial charge on any atom is -0.372 e. The monoisotopic (exact) mass is 131 g/mol. The number of ether oxygens (including phenoxy) is 1. The van der Waals surface area contributed by atoms with E-state index in [1.807, 2.05) is 27.7 Å². The van der Waals surface area contributed by atoms with Crippen molar-refractivity contribution >= 4 is 0 Å². The summed E-state index contributed by atoms with van der Waals surface area (Å²) in [5, 5.41) is 0. The second kappa shape index (κ2) is 3.18. The Bertz CT molecular complexity index is 75.5. The Labute approximate surface area is 57.4 Å². The molecule has 0 aromatic carbocycles. The second-order valence-electron chi connectivity index (χ2n) is 3.28. The lowest BCUT2D eigenvalue weighted by Gasteiger charge is -2.23. The zero-order valence-electron chi connectivity index (χ0n) is 6.77. The minimum atomic E-state index is -0.0568. The summed E-state index contributed by atoms with van der Waals surface area (Å²) in [7, 11) is 0. The summed E-state index contributed by atoms with van der Waals surface area (Å²) in [5.74, 6) is 0. The van der Waals surface area contributed by atoms with Crippen LogP contribution in [0.1, 0.15) is 27.7 Å². The zero-order chi connectivity index (χ0) is 7.49. The molecule has 9 heavy (non-hydrogen) atoms. The fourth-order valence-corrected chi connectivity index (χ4v) is 0.652. The van der Waals surface area contributed by atoms with Crippen LogP contribution in [0.15, 0.2) is 0 Å². The Morgan fingerprint density at radius 1 is 1.44 bits per heavy atom. The second-order valence-corrected chi connectivity index (χ2v) is 3.28. The molecule has 0 fully saturated rings. The highest BCUT2D eigenvalue weighted by molar-refractivity contribution is 4.62. The topological polar surface area (TPSA) is 35.2 Å². The molecule has 0 rings (SSSR count). The number of hydrogen-bond donors (Lipinski definition) is 1. The van der Waals surface area contributed by atoms with Gasteiger partial charge in [0.25, 0.3) is 0 Å². The van der Waals surface area contributed by atoms with Gasteiger partial charge in [-0.3, -0.25) is 0 Å². The smallest absolute Gasteiger partial charge is 0.0676 e. The average Bonchev–Trinajstić information content (AvgIpc) is 1.62. The van der Waals surface area contributed by atoms with Gasteiger partial charge < -0.3 is 10.5 Å². The molecule has 0 amide bonds. The van der Waals surface area contributed by atoms with E-state index in [0.29, 0.717) is 6.54 Å². The molecule has 0 bridgehead atoms. The Balaban J connectivity index is 3.47. The molecule has 0 aliphatic heterocycles. The van der Waals surface area contributed by atoms with Gasteiger partial charge in [0.05, 0.1) is 11.7 Å². The molecule has 0 aliphatic rings. The van der Waals surface area contributed by atoms with Crippen molar-refractivity contribution in [2.24, 2.45) is 5.73 Å². The molecule has 1 atom stereocenters. The van der Waals surface area contributed by atoms with E-state index >= 15 is 0 Å². The van der Waals surface area contributed by atoms with Gasteiger partial charge in [-0.2, -0.15) is 0 Å². The maximum atomic E-state index is 5.46. The van der Waals surface area contributed by atoms with Crippen molar-refractivity contribution in [1.82, 2.24) is 0 Å². The molecule has 0 aromatic heterocycles. The van der Waals surface area contributed by atoms with Gasteiger partial charge in [0.2, 0.25) is 0 Å². The Hall–Kier alpha value is -0.0800. The van der Waals surface area contributed by atoms with Crippen LogP contribution in [-0.2, 0) is 4.74 Å². The van der Waals surface area contributed by atoms with Crippen LogP contribution < -0.4 is 5.73 Å². The van der Waals surface area contributed by atoms with Crippen molar-refractivity contribution in [2.75, 3.05) is 6.54 Å². The van der Waals surface area contributed by atoms with Gasteiger partial charge in [-0.1, -0.05) is 0 Å². The maximum absolute atomic E-state index is 5.46. The molecule has 0 aromatic rings. The van der Waals surface area contributed by atoms with Crippen molar-refractivity contribution in [2.45, 2.75) is 39.4 Å². The van der Waals surface area contributed by atoms with Gasteiger partial charge >= 0.3 is 0 Å². The van der Waals surface area contributed by atoms with Crippen molar-refractivity contribution in [3.05, 3.63) is 0 Å². The standard InChI is InChI=1S/C7H17NO/c1-6(5-8)9-7(2,3)4/h6H,5,8H2,1-4H3/t6-/m1/s1. The Morgan fingerprint density at radius 2 is 1.89 bits per heavy atom. The van der Waals surface area contributed by atoms with Crippen LogP contribution >= 0.6 is 0 Å². The quantitative estimate of drug-likeness (QED) is 0.610. The van der Waals surface area contributed by atoms with E-state index in [0.717, 1.165) is 0 Å². The molecule has 2 nitrogen and oxygen atoms in total. The summed E-state index contributed by atoms with van der Waals surface area (Å²) in [5.41, 5.74) is 5.30. The Kier molecular flexibility index (Phi) is 3.15. The molecule has 0 unspecified atom stereocenters. The van der Waals surface area contributed by atoms with E-state index in [2.05, 4.69) is 0 Å². The number of rotatable bonds is 2. The third-order valence-electron chi connectivity index (χ3n) is 0.887. The van der Waals surface area contributed by atoms with Crippen LogP contribution in [0.5, 0.6) is 0 Å². The summed E-state index contributed by atoms with van der Waals surface area (Å²) in [4.78, 5) is 0. The molecule has 0 radical (unpaired) electrons. The van der Waals surface area contributed by atoms with Crippen molar-refractivity contribution in [1.29, 1.82) is 0 Å². The van der Waals surface area contributed by atoms with Crippen molar-refractivity contribution in [3.63, 3.8) is 0 Å². The highest BCUT2D eigenvalue weighted by Gasteiger charge is 2.13. The van der Waals surface area contributed by atoms with E-state index in [-0.39, 0.29) is 11.7 Å². The molecular formula is C7H17NO. The van der Waals surface area contributed by atoms with E-state index in [1.165, 1.54) is 0 Å². The first-order valence-electron chi connectivity index (χ1n) is 3.33. The predicted molar refractivity (Wildman–Crippen MR) is 39.4 cm³/mol. The third-order valence-corrected chi connectivity index (χ3v) is 0.887. The van der Waals surface area contributed by atoms with Gasteiger partial charge in [0, 0.05) is 6.54 Å². The van der Waals surface area contributed by atoms with E-state index in [4.69, 9.17) is 10.5 Å². The maximum Gasteiger partial charge on any atom is 0.0676 e. The van der Waals surface area contributed by atoms with Gasteiger partial charge in [-0.15, -0.1) is 0 Å². The summed E-state index contributed by atoms with van der Waals surface area (Å²) >= 11 is 0. The molecule has 2 N–H and O–H groups in total.